The summed E-state index contributed by atoms with van der Waals surface area (Å²) < 4.78 is 5.54. The van der Waals surface area contributed by atoms with E-state index in [1.54, 1.807) is 6.07 Å². The zero-order valence-electron chi connectivity index (χ0n) is 12.0. The number of carbonyl (C=O) groups is 1. The maximum atomic E-state index is 11.6. The van der Waals surface area contributed by atoms with Crippen LogP contribution >= 0.6 is 15.9 Å². The Bertz CT molecular complexity index is 535. The molecule has 0 saturated carbocycles. The van der Waals surface area contributed by atoms with Gasteiger partial charge in [-0.3, -0.25) is 14.9 Å². The molecule has 0 aliphatic rings. The molecule has 110 valence electrons. The first kappa shape index (κ1) is 16.6. The summed E-state index contributed by atoms with van der Waals surface area (Å²) in [6.45, 7) is 7.50. The number of nitro benzene ring substituents is 1. The molecule has 20 heavy (non-hydrogen) atoms. The van der Waals surface area contributed by atoms with Crippen LogP contribution in [0.1, 0.15) is 43.6 Å². The summed E-state index contributed by atoms with van der Waals surface area (Å²) in [6, 6.07) is 2.96. The average molecular weight is 344 g/mol. The van der Waals surface area contributed by atoms with E-state index in [-0.39, 0.29) is 22.6 Å². The summed E-state index contributed by atoms with van der Waals surface area (Å²) in [6.07, 6.45) is 0. The lowest BCUT2D eigenvalue weighted by atomic mass is 9.84. The van der Waals surface area contributed by atoms with Crippen molar-refractivity contribution in [3.63, 3.8) is 0 Å². The average Bonchev–Trinajstić information content (AvgIpc) is 2.33. The third kappa shape index (κ3) is 3.79. The highest BCUT2D eigenvalue weighted by molar-refractivity contribution is 9.09. The second-order valence-corrected chi connectivity index (χ2v) is 6.27. The molecule has 1 aromatic rings. The van der Waals surface area contributed by atoms with Gasteiger partial charge >= 0.3 is 5.69 Å². The molecule has 5 nitrogen and oxygen atoms in total. The second-order valence-electron chi connectivity index (χ2n) is 5.47. The van der Waals surface area contributed by atoms with Crippen LogP contribution in [0, 0.1) is 10.1 Å². The molecule has 1 aromatic carbocycles. The molecule has 0 unspecified atom stereocenters. The fraction of sp³-hybridized carbons (Fsp3) is 0.500. The topological polar surface area (TPSA) is 69.4 Å². The molecule has 0 aliphatic heterocycles. The lowest BCUT2D eigenvalue weighted by Crippen LogP contribution is -2.16. The van der Waals surface area contributed by atoms with Gasteiger partial charge in [-0.25, -0.2) is 0 Å². The van der Waals surface area contributed by atoms with Crippen molar-refractivity contribution in [3.8, 4) is 5.75 Å². The van der Waals surface area contributed by atoms with Gasteiger partial charge in [0.1, 0.15) is 0 Å². The van der Waals surface area contributed by atoms with Gasteiger partial charge in [-0.2, -0.15) is 0 Å². The van der Waals surface area contributed by atoms with E-state index >= 15 is 0 Å². The van der Waals surface area contributed by atoms with E-state index in [0.717, 1.165) is 0 Å². The number of benzene rings is 1. The molecule has 1 rings (SSSR count). The smallest absolute Gasteiger partial charge is 0.311 e. The number of ether oxygens (including phenoxy) is 1. The number of nitrogens with zero attached hydrogens (tertiary/aromatic N) is 1. The Kier molecular flexibility index (Phi) is 5.28. The number of halogens is 1. The number of carbonyl (C=O) groups excluding carboxylic acids is 1. The number of ketones is 1. The Hall–Kier alpha value is -1.43. The molecular weight excluding hydrogens is 326 g/mol. The van der Waals surface area contributed by atoms with Gasteiger partial charge in [0, 0.05) is 22.5 Å². The number of nitro groups is 1. The van der Waals surface area contributed by atoms with Crippen molar-refractivity contribution in [2.75, 3.05) is 11.9 Å². The van der Waals surface area contributed by atoms with Crippen LogP contribution in [0.4, 0.5) is 5.69 Å². The molecule has 0 radical (unpaired) electrons. The summed E-state index contributed by atoms with van der Waals surface area (Å²) in [5.74, 6) is 0.0394. The van der Waals surface area contributed by atoms with E-state index in [0.29, 0.717) is 23.1 Å². The monoisotopic (exact) mass is 343 g/mol. The van der Waals surface area contributed by atoms with Crippen LogP contribution in [-0.2, 0) is 5.41 Å². The number of hydrogen-bond acceptors (Lipinski definition) is 4. The predicted octanol–water partition coefficient (Wildman–Crippen LogP) is 3.87. The molecule has 0 spiro atoms. The lowest BCUT2D eigenvalue weighted by molar-refractivity contribution is -0.386. The van der Waals surface area contributed by atoms with Crippen LogP contribution in [0.3, 0.4) is 0 Å². The first-order chi connectivity index (χ1) is 9.18. The van der Waals surface area contributed by atoms with E-state index in [2.05, 4.69) is 15.9 Å². The van der Waals surface area contributed by atoms with Gasteiger partial charge in [0.25, 0.3) is 0 Å². The molecule has 0 N–H and O–H groups in total. The third-order valence-corrected chi connectivity index (χ3v) is 3.13. The number of Topliss-reactive ketones (excluding diaryl/α,β-unsaturated/α-hetero) is 1. The van der Waals surface area contributed by atoms with Crippen LogP contribution in [-0.4, -0.2) is 22.6 Å². The first-order valence-corrected chi connectivity index (χ1v) is 7.33. The Morgan fingerprint density at radius 3 is 2.40 bits per heavy atom. The predicted molar refractivity (Wildman–Crippen MR) is 81.1 cm³/mol. The van der Waals surface area contributed by atoms with Gasteiger partial charge in [0.15, 0.2) is 5.78 Å². The number of hydrogen-bond donors (Lipinski definition) is 0. The van der Waals surface area contributed by atoms with Crippen molar-refractivity contribution in [1.82, 2.24) is 0 Å². The molecule has 0 atom stereocenters. The van der Waals surface area contributed by atoms with Gasteiger partial charge < -0.3 is 4.74 Å². The van der Waals surface area contributed by atoms with Crippen molar-refractivity contribution in [2.24, 2.45) is 0 Å². The van der Waals surface area contributed by atoms with Crippen molar-refractivity contribution >= 4 is 27.4 Å². The molecule has 0 aliphatic carbocycles. The van der Waals surface area contributed by atoms with Gasteiger partial charge in [-0.05, 0) is 18.4 Å². The first-order valence-electron chi connectivity index (χ1n) is 6.21. The summed E-state index contributed by atoms with van der Waals surface area (Å²) in [4.78, 5) is 22.3. The van der Waals surface area contributed by atoms with Gasteiger partial charge in [-0.1, -0.05) is 36.7 Å². The zero-order chi connectivity index (χ0) is 15.5. The van der Waals surface area contributed by atoms with Crippen LogP contribution in [0.15, 0.2) is 12.1 Å². The maximum absolute atomic E-state index is 11.6. The third-order valence-electron chi connectivity index (χ3n) is 2.80. The zero-order valence-corrected chi connectivity index (χ0v) is 13.6. The highest BCUT2D eigenvalue weighted by Gasteiger charge is 2.28. The lowest BCUT2D eigenvalue weighted by Gasteiger charge is -2.23. The highest BCUT2D eigenvalue weighted by atomic mass is 79.9. The largest absolute Gasteiger partial charge is 0.486 e. The Balaban J connectivity index is 3.58. The molecule has 6 heteroatoms. The minimum absolute atomic E-state index is 0.163. The van der Waals surface area contributed by atoms with E-state index in [1.165, 1.54) is 13.0 Å². The second kappa shape index (κ2) is 6.35. The molecule has 0 bridgehead atoms. The Morgan fingerprint density at radius 2 is 2.00 bits per heavy atom. The van der Waals surface area contributed by atoms with Crippen LogP contribution in [0.25, 0.3) is 0 Å². The fourth-order valence-electron chi connectivity index (χ4n) is 1.80. The molecule has 0 saturated heterocycles. The molecule has 0 aromatic heterocycles. The minimum Gasteiger partial charge on any atom is -0.486 e. The molecule has 0 fully saturated rings. The van der Waals surface area contributed by atoms with Crippen LogP contribution in [0.5, 0.6) is 5.75 Å². The Labute approximate surface area is 126 Å². The standard InChI is InChI=1S/C14H18BrNO4/c1-9(17)10-7-11(14(2,3)4)13(20-6-5-15)12(8-10)16(18)19/h7-8H,5-6H2,1-4H3. The quantitative estimate of drug-likeness (QED) is 0.352. The Morgan fingerprint density at radius 1 is 1.40 bits per heavy atom. The van der Waals surface area contributed by atoms with E-state index < -0.39 is 4.92 Å². The summed E-state index contributed by atoms with van der Waals surface area (Å²) in [5.41, 5.74) is 0.465. The van der Waals surface area contributed by atoms with Crippen molar-refractivity contribution in [2.45, 2.75) is 33.1 Å². The van der Waals surface area contributed by atoms with Crippen molar-refractivity contribution < 1.29 is 14.5 Å². The molecule has 0 amide bonds. The van der Waals surface area contributed by atoms with Crippen molar-refractivity contribution in [1.29, 1.82) is 0 Å². The van der Waals surface area contributed by atoms with Gasteiger partial charge in [0.2, 0.25) is 5.75 Å². The summed E-state index contributed by atoms with van der Waals surface area (Å²) >= 11 is 3.23. The van der Waals surface area contributed by atoms with E-state index in [4.69, 9.17) is 4.74 Å². The highest BCUT2D eigenvalue weighted by Crippen LogP contribution is 2.39. The van der Waals surface area contributed by atoms with Crippen LogP contribution in [0.2, 0.25) is 0 Å². The van der Waals surface area contributed by atoms with E-state index in [9.17, 15) is 14.9 Å². The van der Waals surface area contributed by atoms with Gasteiger partial charge in [0.05, 0.1) is 11.5 Å². The summed E-state index contributed by atoms with van der Waals surface area (Å²) in [5, 5.41) is 11.8. The van der Waals surface area contributed by atoms with Crippen molar-refractivity contribution in [3.05, 3.63) is 33.4 Å². The molecule has 0 heterocycles. The normalized spacial score (nSPS) is 11.2. The van der Waals surface area contributed by atoms with Gasteiger partial charge in [-0.15, -0.1) is 0 Å². The summed E-state index contributed by atoms with van der Waals surface area (Å²) in [7, 11) is 0. The van der Waals surface area contributed by atoms with E-state index in [1.807, 2.05) is 20.8 Å². The fourth-order valence-corrected chi connectivity index (χ4v) is 1.96. The maximum Gasteiger partial charge on any atom is 0.311 e. The number of alkyl halides is 1. The number of rotatable bonds is 5. The molecular formula is C14H18BrNO4. The minimum atomic E-state index is -0.509. The SMILES string of the molecule is CC(=O)c1cc([N+](=O)[O-])c(OCCBr)c(C(C)(C)C)c1. The van der Waals surface area contributed by atoms with Crippen LogP contribution < -0.4 is 4.74 Å².